The molecule has 6 nitrogen and oxygen atoms in total. The standard InChI is InChI=1S/C20H18ClN3O3/c1-13-17(10-22-24(13)16-6-4-15(21)5-7-16)20(25)23(2)11-14-3-8-18-19(9-14)27-12-26-18/h3-10H,11-12H2,1-2H3. The van der Waals surface area contributed by atoms with Gasteiger partial charge in [0.25, 0.3) is 5.91 Å². The highest BCUT2D eigenvalue weighted by Crippen LogP contribution is 2.32. The van der Waals surface area contributed by atoms with Crippen LogP contribution in [0.1, 0.15) is 21.6 Å². The fourth-order valence-corrected chi connectivity index (χ4v) is 3.18. The normalized spacial score (nSPS) is 12.3. The number of hydrogen-bond donors (Lipinski definition) is 0. The smallest absolute Gasteiger partial charge is 0.257 e. The molecule has 0 atom stereocenters. The summed E-state index contributed by atoms with van der Waals surface area (Å²) in [6.45, 7) is 2.57. The molecule has 1 amide bonds. The molecule has 0 fully saturated rings. The molecule has 4 rings (SSSR count). The second-order valence-electron chi connectivity index (χ2n) is 6.38. The van der Waals surface area contributed by atoms with Crippen molar-refractivity contribution in [2.24, 2.45) is 0 Å². The number of carbonyl (C=O) groups is 1. The van der Waals surface area contributed by atoms with Crippen molar-refractivity contribution in [2.45, 2.75) is 13.5 Å². The highest BCUT2D eigenvalue weighted by molar-refractivity contribution is 6.30. The van der Waals surface area contributed by atoms with Crippen molar-refractivity contribution in [1.82, 2.24) is 14.7 Å². The highest BCUT2D eigenvalue weighted by Gasteiger charge is 2.20. The van der Waals surface area contributed by atoms with Crippen LogP contribution in [0.2, 0.25) is 5.02 Å². The Labute approximate surface area is 161 Å². The molecular weight excluding hydrogens is 366 g/mol. The lowest BCUT2D eigenvalue weighted by atomic mass is 10.1. The van der Waals surface area contributed by atoms with Gasteiger partial charge in [0.05, 0.1) is 23.1 Å². The zero-order valence-electron chi connectivity index (χ0n) is 15.0. The van der Waals surface area contributed by atoms with Gasteiger partial charge in [-0.15, -0.1) is 0 Å². The summed E-state index contributed by atoms with van der Waals surface area (Å²) >= 11 is 5.94. The SMILES string of the molecule is Cc1c(C(=O)N(C)Cc2ccc3c(c2)OCO3)cnn1-c1ccc(Cl)cc1. The topological polar surface area (TPSA) is 56.6 Å². The summed E-state index contributed by atoms with van der Waals surface area (Å²) in [5.74, 6) is 1.35. The predicted octanol–water partition coefficient (Wildman–Crippen LogP) is 3.84. The van der Waals surface area contributed by atoms with Crippen LogP contribution in [0.3, 0.4) is 0 Å². The molecule has 0 spiro atoms. The van der Waals surface area contributed by atoms with Gasteiger partial charge in [0.1, 0.15) is 0 Å². The number of halogens is 1. The second-order valence-corrected chi connectivity index (χ2v) is 6.82. The zero-order chi connectivity index (χ0) is 19.0. The molecule has 1 aliphatic rings. The maximum atomic E-state index is 12.9. The third-order valence-electron chi connectivity index (χ3n) is 4.51. The van der Waals surface area contributed by atoms with Crippen molar-refractivity contribution in [3.05, 3.63) is 70.5 Å². The second kappa shape index (κ2) is 6.96. The number of aromatic nitrogens is 2. The van der Waals surface area contributed by atoms with E-state index in [2.05, 4.69) is 5.10 Å². The number of amides is 1. The van der Waals surface area contributed by atoms with Gasteiger partial charge in [-0.2, -0.15) is 5.10 Å². The average Bonchev–Trinajstić information content (AvgIpc) is 3.28. The molecule has 1 aliphatic heterocycles. The molecule has 2 heterocycles. The van der Waals surface area contributed by atoms with E-state index in [0.29, 0.717) is 22.9 Å². The molecular formula is C20H18ClN3O3. The molecule has 0 bridgehead atoms. The van der Waals surface area contributed by atoms with E-state index in [1.165, 1.54) is 0 Å². The van der Waals surface area contributed by atoms with Crippen molar-refractivity contribution >= 4 is 17.5 Å². The van der Waals surface area contributed by atoms with Gasteiger partial charge >= 0.3 is 0 Å². The van der Waals surface area contributed by atoms with Crippen molar-refractivity contribution in [3.8, 4) is 17.2 Å². The van der Waals surface area contributed by atoms with E-state index in [0.717, 1.165) is 22.7 Å². The molecule has 0 unspecified atom stereocenters. The van der Waals surface area contributed by atoms with Gasteiger partial charge in [0.2, 0.25) is 6.79 Å². The quantitative estimate of drug-likeness (QED) is 0.687. The minimum atomic E-state index is -0.0922. The molecule has 27 heavy (non-hydrogen) atoms. The number of rotatable bonds is 4. The number of carbonyl (C=O) groups excluding carboxylic acids is 1. The first kappa shape index (κ1) is 17.4. The maximum Gasteiger partial charge on any atom is 0.257 e. The van der Waals surface area contributed by atoms with Gasteiger partial charge in [-0.25, -0.2) is 4.68 Å². The van der Waals surface area contributed by atoms with Crippen LogP contribution < -0.4 is 9.47 Å². The van der Waals surface area contributed by atoms with Gasteiger partial charge in [0.15, 0.2) is 11.5 Å². The van der Waals surface area contributed by atoms with E-state index in [-0.39, 0.29) is 12.7 Å². The van der Waals surface area contributed by atoms with Crippen molar-refractivity contribution < 1.29 is 14.3 Å². The summed E-state index contributed by atoms with van der Waals surface area (Å²) in [6, 6.07) is 13.0. The third kappa shape index (κ3) is 3.36. The van der Waals surface area contributed by atoms with Gasteiger partial charge in [-0.3, -0.25) is 4.79 Å². The molecule has 3 aromatic rings. The number of ether oxygens (including phenoxy) is 2. The van der Waals surface area contributed by atoms with Crippen molar-refractivity contribution in [3.63, 3.8) is 0 Å². The van der Waals surface area contributed by atoms with Crippen LogP contribution in [0, 0.1) is 6.92 Å². The minimum Gasteiger partial charge on any atom is -0.454 e. The van der Waals surface area contributed by atoms with Crippen LogP contribution in [-0.4, -0.2) is 34.4 Å². The van der Waals surface area contributed by atoms with E-state index in [1.54, 1.807) is 35.0 Å². The third-order valence-corrected chi connectivity index (χ3v) is 4.77. The van der Waals surface area contributed by atoms with E-state index >= 15 is 0 Å². The van der Waals surface area contributed by atoms with E-state index in [1.807, 2.05) is 37.3 Å². The molecule has 7 heteroatoms. The number of nitrogens with zero attached hydrogens (tertiary/aromatic N) is 3. The van der Waals surface area contributed by atoms with Gasteiger partial charge in [-0.1, -0.05) is 17.7 Å². The summed E-state index contributed by atoms with van der Waals surface area (Å²) in [6.07, 6.45) is 1.60. The summed E-state index contributed by atoms with van der Waals surface area (Å²) in [7, 11) is 1.77. The molecule has 0 saturated carbocycles. The average molecular weight is 384 g/mol. The first-order valence-electron chi connectivity index (χ1n) is 8.47. The lowest BCUT2D eigenvalue weighted by Crippen LogP contribution is -2.26. The first-order chi connectivity index (χ1) is 13.0. The molecule has 0 aliphatic carbocycles. The van der Waals surface area contributed by atoms with Crippen LogP contribution in [-0.2, 0) is 6.54 Å². The monoisotopic (exact) mass is 383 g/mol. The molecule has 138 valence electrons. The van der Waals surface area contributed by atoms with E-state index < -0.39 is 0 Å². The number of fused-ring (bicyclic) bond motifs is 1. The Morgan fingerprint density at radius 2 is 1.93 bits per heavy atom. The summed E-state index contributed by atoms with van der Waals surface area (Å²) in [4.78, 5) is 14.6. The molecule has 1 aromatic heterocycles. The lowest BCUT2D eigenvalue weighted by molar-refractivity contribution is 0.0784. The number of hydrogen-bond acceptors (Lipinski definition) is 4. The molecule has 2 aromatic carbocycles. The fraction of sp³-hybridized carbons (Fsp3) is 0.200. The first-order valence-corrected chi connectivity index (χ1v) is 8.85. The number of benzene rings is 2. The van der Waals surface area contributed by atoms with Gasteiger partial charge in [0, 0.05) is 18.6 Å². The molecule has 0 radical (unpaired) electrons. The van der Waals surface area contributed by atoms with Crippen LogP contribution in [0.25, 0.3) is 5.69 Å². The Morgan fingerprint density at radius 3 is 2.70 bits per heavy atom. The predicted molar refractivity (Wildman–Crippen MR) is 102 cm³/mol. The van der Waals surface area contributed by atoms with Crippen LogP contribution >= 0.6 is 11.6 Å². The van der Waals surface area contributed by atoms with E-state index in [9.17, 15) is 4.79 Å². The highest BCUT2D eigenvalue weighted by atomic mass is 35.5. The van der Waals surface area contributed by atoms with Crippen molar-refractivity contribution in [1.29, 1.82) is 0 Å². The summed E-state index contributed by atoms with van der Waals surface area (Å²) in [5, 5.41) is 5.02. The Morgan fingerprint density at radius 1 is 1.19 bits per heavy atom. The summed E-state index contributed by atoms with van der Waals surface area (Å²) in [5.41, 5.74) is 3.17. The Bertz CT molecular complexity index is 998. The van der Waals surface area contributed by atoms with E-state index in [4.69, 9.17) is 21.1 Å². The Kier molecular flexibility index (Phi) is 4.49. The van der Waals surface area contributed by atoms with Gasteiger partial charge in [-0.05, 0) is 48.9 Å². The minimum absolute atomic E-state index is 0.0922. The maximum absolute atomic E-state index is 12.9. The van der Waals surface area contributed by atoms with Crippen LogP contribution in [0.5, 0.6) is 11.5 Å². The Hall–Kier alpha value is -2.99. The fourth-order valence-electron chi connectivity index (χ4n) is 3.05. The van der Waals surface area contributed by atoms with Gasteiger partial charge < -0.3 is 14.4 Å². The Balaban J connectivity index is 1.53. The molecule has 0 N–H and O–H groups in total. The van der Waals surface area contributed by atoms with Crippen LogP contribution in [0.15, 0.2) is 48.7 Å². The lowest BCUT2D eigenvalue weighted by Gasteiger charge is -2.17. The summed E-state index contributed by atoms with van der Waals surface area (Å²) < 4.78 is 12.5. The largest absolute Gasteiger partial charge is 0.454 e. The van der Waals surface area contributed by atoms with Crippen molar-refractivity contribution in [2.75, 3.05) is 13.8 Å². The zero-order valence-corrected chi connectivity index (χ0v) is 15.7. The molecule has 0 saturated heterocycles. The van der Waals surface area contributed by atoms with Crippen LogP contribution in [0.4, 0.5) is 0 Å².